The summed E-state index contributed by atoms with van der Waals surface area (Å²) in [6, 6.07) is 5.60. The highest BCUT2D eigenvalue weighted by Gasteiger charge is 2.10. The van der Waals surface area contributed by atoms with Gasteiger partial charge in [0.25, 0.3) is 0 Å². The second kappa shape index (κ2) is 5.15. The molecule has 1 aromatic carbocycles. The van der Waals surface area contributed by atoms with Crippen LogP contribution in [0.1, 0.15) is 29.8 Å². The lowest BCUT2D eigenvalue weighted by Gasteiger charge is -2.07. The van der Waals surface area contributed by atoms with Crippen molar-refractivity contribution in [1.82, 2.24) is 0 Å². The quantitative estimate of drug-likeness (QED) is 0.777. The Bertz CT molecular complexity index is 334. The number of carbonyl (C=O) groups is 1. The largest absolute Gasteiger partial charge is 0.462 e. The summed E-state index contributed by atoms with van der Waals surface area (Å²) < 4.78 is 5.94. The highest BCUT2D eigenvalue weighted by molar-refractivity contribution is 9.10. The molecule has 0 unspecified atom stereocenters. The first-order valence-electron chi connectivity index (χ1n) is 4.64. The van der Waals surface area contributed by atoms with Gasteiger partial charge in [0.1, 0.15) is 0 Å². The zero-order valence-corrected chi connectivity index (χ0v) is 9.93. The zero-order valence-electron chi connectivity index (χ0n) is 8.34. The van der Waals surface area contributed by atoms with Gasteiger partial charge < -0.3 is 4.74 Å². The zero-order chi connectivity index (χ0) is 10.6. The van der Waals surface area contributed by atoms with E-state index >= 15 is 0 Å². The molecule has 14 heavy (non-hydrogen) atoms. The van der Waals surface area contributed by atoms with Crippen molar-refractivity contribution in [2.24, 2.45) is 0 Å². The Morgan fingerprint density at radius 2 is 2.14 bits per heavy atom. The number of hydrogen-bond acceptors (Lipinski definition) is 2. The monoisotopic (exact) mass is 256 g/mol. The first-order chi connectivity index (χ1) is 6.69. The van der Waals surface area contributed by atoms with E-state index in [0.717, 1.165) is 16.5 Å². The fourth-order valence-corrected chi connectivity index (χ4v) is 1.67. The minimum absolute atomic E-state index is 0.239. The molecule has 1 aromatic rings. The Balaban J connectivity index is 3.01. The predicted octanol–water partition coefficient (Wildman–Crippen LogP) is 3.19. The normalized spacial score (nSPS) is 9.93. The summed E-state index contributed by atoms with van der Waals surface area (Å²) in [4.78, 5) is 11.5. The van der Waals surface area contributed by atoms with Crippen LogP contribution in [0.4, 0.5) is 0 Å². The number of carbonyl (C=O) groups excluding carboxylic acids is 1. The Hall–Kier alpha value is -0.830. The van der Waals surface area contributed by atoms with Crippen LogP contribution < -0.4 is 0 Å². The number of ether oxygens (including phenoxy) is 1. The Morgan fingerprint density at radius 1 is 1.43 bits per heavy atom. The van der Waals surface area contributed by atoms with E-state index < -0.39 is 0 Å². The molecule has 0 N–H and O–H groups in total. The lowest BCUT2D eigenvalue weighted by molar-refractivity contribution is 0.0525. The van der Waals surface area contributed by atoms with Crippen LogP contribution in [-0.4, -0.2) is 12.6 Å². The van der Waals surface area contributed by atoms with Gasteiger partial charge in [0.05, 0.1) is 12.2 Å². The van der Waals surface area contributed by atoms with Gasteiger partial charge in [0.15, 0.2) is 0 Å². The Morgan fingerprint density at radius 3 is 2.71 bits per heavy atom. The third-order valence-electron chi connectivity index (χ3n) is 1.94. The molecule has 0 fully saturated rings. The predicted molar refractivity (Wildman–Crippen MR) is 59.5 cm³/mol. The molecule has 0 aliphatic rings. The number of rotatable bonds is 3. The van der Waals surface area contributed by atoms with E-state index in [1.165, 1.54) is 0 Å². The second-order valence-corrected chi connectivity index (χ2v) is 3.79. The van der Waals surface area contributed by atoms with Crippen LogP contribution in [0.2, 0.25) is 0 Å². The topological polar surface area (TPSA) is 26.3 Å². The number of esters is 1. The summed E-state index contributed by atoms with van der Waals surface area (Å²) in [5.41, 5.74) is 1.68. The molecule has 0 bridgehead atoms. The SMILES string of the molecule is CCOC(=O)c1ccc(Br)cc1CC. The molecule has 3 heteroatoms. The van der Waals surface area contributed by atoms with Gasteiger partial charge in [-0.3, -0.25) is 0 Å². The smallest absolute Gasteiger partial charge is 0.338 e. The summed E-state index contributed by atoms with van der Waals surface area (Å²) in [5.74, 6) is -0.239. The molecule has 0 heterocycles. The molecule has 0 aliphatic heterocycles. The van der Waals surface area contributed by atoms with E-state index in [2.05, 4.69) is 15.9 Å². The average Bonchev–Trinajstić information content (AvgIpc) is 2.17. The van der Waals surface area contributed by atoms with Crippen molar-refractivity contribution >= 4 is 21.9 Å². The maximum Gasteiger partial charge on any atom is 0.338 e. The summed E-state index contributed by atoms with van der Waals surface area (Å²) in [5, 5.41) is 0. The molecular formula is C11H13BrO2. The fraction of sp³-hybridized carbons (Fsp3) is 0.364. The van der Waals surface area contributed by atoms with E-state index in [1.807, 2.05) is 26.0 Å². The van der Waals surface area contributed by atoms with E-state index in [9.17, 15) is 4.79 Å². The lowest BCUT2D eigenvalue weighted by atomic mass is 10.1. The third kappa shape index (κ3) is 2.58. The van der Waals surface area contributed by atoms with Crippen LogP contribution in [-0.2, 0) is 11.2 Å². The second-order valence-electron chi connectivity index (χ2n) is 2.88. The molecule has 0 spiro atoms. The van der Waals surface area contributed by atoms with E-state index in [0.29, 0.717) is 12.2 Å². The van der Waals surface area contributed by atoms with Gasteiger partial charge in [-0.05, 0) is 37.1 Å². The number of hydrogen-bond donors (Lipinski definition) is 0. The van der Waals surface area contributed by atoms with Crippen molar-refractivity contribution in [2.75, 3.05) is 6.61 Å². The minimum atomic E-state index is -0.239. The molecule has 0 atom stereocenters. The third-order valence-corrected chi connectivity index (χ3v) is 2.44. The van der Waals surface area contributed by atoms with Crippen molar-refractivity contribution in [3.05, 3.63) is 33.8 Å². The molecule has 0 radical (unpaired) electrons. The molecular weight excluding hydrogens is 244 g/mol. The number of aryl methyl sites for hydroxylation is 1. The molecule has 0 saturated heterocycles. The highest BCUT2D eigenvalue weighted by atomic mass is 79.9. The van der Waals surface area contributed by atoms with Crippen LogP contribution >= 0.6 is 15.9 Å². The van der Waals surface area contributed by atoms with Crippen molar-refractivity contribution in [3.8, 4) is 0 Å². The van der Waals surface area contributed by atoms with Crippen molar-refractivity contribution in [2.45, 2.75) is 20.3 Å². The van der Waals surface area contributed by atoms with Crippen molar-refractivity contribution in [3.63, 3.8) is 0 Å². The van der Waals surface area contributed by atoms with Crippen LogP contribution in [0.15, 0.2) is 22.7 Å². The summed E-state index contributed by atoms with van der Waals surface area (Å²) in [6.45, 7) is 4.24. The van der Waals surface area contributed by atoms with Gasteiger partial charge in [-0.25, -0.2) is 4.79 Å². The maximum absolute atomic E-state index is 11.5. The van der Waals surface area contributed by atoms with Gasteiger partial charge in [-0.2, -0.15) is 0 Å². The van der Waals surface area contributed by atoms with Crippen LogP contribution in [0, 0.1) is 0 Å². The summed E-state index contributed by atoms with van der Waals surface area (Å²) in [7, 11) is 0. The van der Waals surface area contributed by atoms with E-state index in [4.69, 9.17) is 4.74 Å². The molecule has 0 saturated carbocycles. The van der Waals surface area contributed by atoms with Gasteiger partial charge in [-0.1, -0.05) is 22.9 Å². The first kappa shape index (κ1) is 11.2. The molecule has 0 aliphatic carbocycles. The molecule has 0 amide bonds. The number of benzene rings is 1. The van der Waals surface area contributed by atoms with E-state index in [1.54, 1.807) is 6.07 Å². The molecule has 1 rings (SSSR count). The highest BCUT2D eigenvalue weighted by Crippen LogP contribution is 2.18. The fourth-order valence-electron chi connectivity index (χ4n) is 1.26. The molecule has 2 nitrogen and oxygen atoms in total. The van der Waals surface area contributed by atoms with Crippen LogP contribution in [0.25, 0.3) is 0 Å². The average molecular weight is 257 g/mol. The first-order valence-corrected chi connectivity index (χ1v) is 5.43. The van der Waals surface area contributed by atoms with Gasteiger partial charge in [-0.15, -0.1) is 0 Å². The molecule has 0 aromatic heterocycles. The van der Waals surface area contributed by atoms with Crippen LogP contribution in [0.5, 0.6) is 0 Å². The van der Waals surface area contributed by atoms with Gasteiger partial charge in [0.2, 0.25) is 0 Å². The van der Waals surface area contributed by atoms with Crippen molar-refractivity contribution in [1.29, 1.82) is 0 Å². The standard InChI is InChI=1S/C11H13BrO2/c1-3-8-7-9(12)5-6-10(8)11(13)14-4-2/h5-7H,3-4H2,1-2H3. The Kier molecular flexibility index (Phi) is 4.14. The lowest BCUT2D eigenvalue weighted by Crippen LogP contribution is -2.07. The van der Waals surface area contributed by atoms with E-state index in [-0.39, 0.29) is 5.97 Å². The molecule has 76 valence electrons. The Labute approximate surface area is 92.4 Å². The van der Waals surface area contributed by atoms with Gasteiger partial charge in [0, 0.05) is 4.47 Å². The maximum atomic E-state index is 11.5. The van der Waals surface area contributed by atoms with Crippen LogP contribution in [0.3, 0.4) is 0 Å². The van der Waals surface area contributed by atoms with Gasteiger partial charge >= 0.3 is 5.97 Å². The minimum Gasteiger partial charge on any atom is -0.462 e. The summed E-state index contributed by atoms with van der Waals surface area (Å²) in [6.07, 6.45) is 0.827. The summed E-state index contributed by atoms with van der Waals surface area (Å²) >= 11 is 3.37. The van der Waals surface area contributed by atoms with Crippen molar-refractivity contribution < 1.29 is 9.53 Å². The number of halogens is 1.